The van der Waals surface area contributed by atoms with E-state index in [0.29, 0.717) is 13.2 Å². The molecule has 0 bridgehead atoms. The van der Waals surface area contributed by atoms with E-state index in [1.54, 1.807) is 0 Å². The van der Waals surface area contributed by atoms with Crippen molar-refractivity contribution >= 4 is 11.9 Å². The lowest BCUT2D eigenvalue weighted by molar-refractivity contribution is -0.143. The molecule has 1 aliphatic heterocycles. The van der Waals surface area contributed by atoms with Crippen LogP contribution in [-0.2, 0) is 14.3 Å². The van der Waals surface area contributed by atoms with Crippen molar-refractivity contribution in [3.63, 3.8) is 0 Å². The molecule has 5 heteroatoms. The zero-order valence-electron chi connectivity index (χ0n) is 10.7. The van der Waals surface area contributed by atoms with Gasteiger partial charge in [0.2, 0.25) is 5.91 Å². The maximum absolute atomic E-state index is 12.0. The first-order chi connectivity index (χ1) is 8.59. The van der Waals surface area contributed by atoms with Crippen molar-refractivity contribution in [3.8, 4) is 0 Å². The smallest absolute Gasteiger partial charge is 0.306 e. The number of hydrogen-bond donors (Lipinski definition) is 2. The lowest BCUT2D eigenvalue weighted by Crippen LogP contribution is -2.38. The van der Waals surface area contributed by atoms with Crippen LogP contribution in [0, 0.1) is 17.8 Å². The van der Waals surface area contributed by atoms with Crippen LogP contribution in [0.1, 0.15) is 32.6 Å². The zero-order chi connectivity index (χ0) is 13.1. The van der Waals surface area contributed by atoms with Gasteiger partial charge in [-0.15, -0.1) is 0 Å². The lowest BCUT2D eigenvalue weighted by atomic mass is 9.95. The highest BCUT2D eigenvalue weighted by molar-refractivity contribution is 5.79. The summed E-state index contributed by atoms with van der Waals surface area (Å²) in [6.07, 6.45) is 3.32. The second-order valence-electron chi connectivity index (χ2n) is 5.35. The number of ether oxygens (including phenoxy) is 1. The SMILES string of the molecule is CC1OCCC1C(=O)NCC1CCCC1C(=O)O. The number of amides is 1. The first kappa shape index (κ1) is 13.3. The number of carbonyl (C=O) groups is 2. The highest BCUT2D eigenvalue weighted by Gasteiger charge is 2.35. The molecule has 18 heavy (non-hydrogen) atoms. The minimum Gasteiger partial charge on any atom is -0.481 e. The minimum absolute atomic E-state index is 0.0102. The van der Waals surface area contributed by atoms with Crippen molar-refractivity contribution < 1.29 is 19.4 Å². The summed E-state index contributed by atoms with van der Waals surface area (Å²) in [6, 6.07) is 0. The zero-order valence-corrected chi connectivity index (χ0v) is 10.7. The maximum Gasteiger partial charge on any atom is 0.306 e. The summed E-state index contributed by atoms with van der Waals surface area (Å²) in [7, 11) is 0. The van der Waals surface area contributed by atoms with Gasteiger partial charge in [-0.2, -0.15) is 0 Å². The molecule has 0 radical (unpaired) electrons. The molecule has 2 N–H and O–H groups in total. The third-order valence-electron chi connectivity index (χ3n) is 4.23. The van der Waals surface area contributed by atoms with Gasteiger partial charge in [-0.25, -0.2) is 0 Å². The molecule has 0 spiro atoms. The Morgan fingerprint density at radius 3 is 2.67 bits per heavy atom. The molecule has 1 heterocycles. The van der Waals surface area contributed by atoms with Gasteiger partial charge < -0.3 is 15.2 Å². The molecule has 2 aliphatic rings. The van der Waals surface area contributed by atoms with Crippen LogP contribution in [0.5, 0.6) is 0 Å². The highest BCUT2D eigenvalue weighted by atomic mass is 16.5. The fourth-order valence-corrected chi connectivity index (χ4v) is 3.05. The van der Waals surface area contributed by atoms with Crippen molar-refractivity contribution in [2.75, 3.05) is 13.2 Å². The number of carboxylic acid groups (broad SMARTS) is 1. The van der Waals surface area contributed by atoms with Crippen molar-refractivity contribution in [1.82, 2.24) is 5.32 Å². The van der Waals surface area contributed by atoms with Gasteiger partial charge in [-0.05, 0) is 32.1 Å². The number of carboxylic acids is 1. The Hall–Kier alpha value is -1.10. The second-order valence-corrected chi connectivity index (χ2v) is 5.35. The van der Waals surface area contributed by atoms with E-state index in [1.165, 1.54) is 0 Å². The van der Waals surface area contributed by atoms with E-state index in [9.17, 15) is 9.59 Å². The van der Waals surface area contributed by atoms with E-state index >= 15 is 0 Å². The van der Waals surface area contributed by atoms with Gasteiger partial charge in [0.15, 0.2) is 0 Å². The number of carbonyl (C=O) groups excluding carboxylic acids is 1. The molecule has 0 aromatic rings. The average molecular weight is 255 g/mol. The summed E-state index contributed by atoms with van der Waals surface area (Å²) in [5, 5.41) is 12.0. The molecule has 0 aromatic heterocycles. The van der Waals surface area contributed by atoms with E-state index in [2.05, 4.69) is 5.32 Å². The molecule has 1 saturated carbocycles. The Morgan fingerprint density at radius 1 is 1.28 bits per heavy atom. The van der Waals surface area contributed by atoms with Crippen LogP contribution < -0.4 is 5.32 Å². The Kier molecular flexibility index (Phi) is 4.22. The molecule has 5 nitrogen and oxygen atoms in total. The Labute approximate surface area is 107 Å². The number of rotatable bonds is 4. The Bertz CT molecular complexity index is 331. The quantitative estimate of drug-likeness (QED) is 0.786. The first-order valence-electron chi connectivity index (χ1n) is 6.71. The Balaban J connectivity index is 1.80. The molecular weight excluding hydrogens is 234 g/mol. The third-order valence-corrected chi connectivity index (χ3v) is 4.23. The summed E-state index contributed by atoms with van der Waals surface area (Å²) in [6.45, 7) is 3.03. The predicted molar refractivity (Wildman–Crippen MR) is 65.0 cm³/mol. The van der Waals surface area contributed by atoms with Crippen LogP contribution >= 0.6 is 0 Å². The fraction of sp³-hybridized carbons (Fsp3) is 0.846. The summed E-state index contributed by atoms with van der Waals surface area (Å²) in [4.78, 5) is 23.0. The summed E-state index contributed by atoms with van der Waals surface area (Å²) in [5.74, 6) is -0.998. The topological polar surface area (TPSA) is 75.6 Å². The summed E-state index contributed by atoms with van der Waals surface area (Å²) >= 11 is 0. The average Bonchev–Trinajstić information content (AvgIpc) is 2.94. The highest BCUT2D eigenvalue weighted by Crippen LogP contribution is 2.31. The van der Waals surface area contributed by atoms with Gasteiger partial charge in [-0.1, -0.05) is 6.42 Å². The normalized spacial score (nSPS) is 35.6. The first-order valence-corrected chi connectivity index (χ1v) is 6.71. The third kappa shape index (κ3) is 2.83. The standard InChI is InChI=1S/C13H21NO4/c1-8-10(5-6-18-8)12(15)14-7-9-3-2-4-11(9)13(16)17/h8-11H,2-7H2,1H3,(H,14,15)(H,16,17). The van der Waals surface area contributed by atoms with Crippen molar-refractivity contribution in [2.24, 2.45) is 17.8 Å². The monoisotopic (exact) mass is 255 g/mol. The molecule has 2 rings (SSSR count). The van der Waals surface area contributed by atoms with Crippen molar-refractivity contribution in [3.05, 3.63) is 0 Å². The van der Waals surface area contributed by atoms with Gasteiger partial charge >= 0.3 is 5.97 Å². The van der Waals surface area contributed by atoms with Crippen LogP contribution in [0.3, 0.4) is 0 Å². The molecular formula is C13H21NO4. The number of hydrogen-bond acceptors (Lipinski definition) is 3. The second kappa shape index (κ2) is 5.69. The maximum atomic E-state index is 12.0. The minimum atomic E-state index is -0.732. The van der Waals surface area contributed by atoms with E-state index < -0.39 is 5.97 Å². The molecule has 1 amide bonds. The van der Waals surface area contributed by atoms with E-state index in [1.807, 2.05) is 6.92 Å². The van der Waals surface area contributed by atoms with E-state index in [-0.39, 0.29) is 29.8 Å². The van der Waals surface area contributed by atoms with Gasteiger partial charge in [0.05, 0.1) is 17.9 Å². The lowest BCUT2D eigenvalue weighted by Gasteiger charge is -2.19. The number of nitrogens with one attached hydrogen (secondary N) is 1. The van der Waals surface area contributed by atoms with Crippen LogP contribution in [0.2, 0.25) is 0 Å². The van der Waals surface area contributed by atoms with Gasteiger partial charge in [0.25, 0.3) is 0 Å². The van der Waals surface area contributed by atoms with Gasteiger partial charge in [0.1, 0.15) is 0 Å². The predicted octanol–water partition coefficient (Wildman–Crippen LogP) is 1.03. The molecule has 4 atom stereocenters. The summed E-state index contributed by atoms with van der Waals surface area (Å²) in [5.41, 5.74) is 0. The molecule has 102 valence electrons. The summed E-state index contributed by atoms with van der Waals surface area (Å²) < 4.78 is 5.36. The van der Waals surface area contributed by atoms with Crippen molar-refractivity contribution in [1.29, 1.82) is 0 Å². The van der Waals surface area contributed by atoms with E-state index in [4.69, 9.17) is 9.84 Å². The molecule has 0 aromatic carbocycles. The molecule has 2 fully saturated rings. The molecule has 1 aliphatic carbocycles. The van der Waals surface area contributed by atoms with Crippen LogP contribution in [-0.4, -0.2) is 36.2 Å². The molecule has 1 saturated heterocycles. The largest absolute Gasteiger partial charge is 0.481 e. The Morgan fingerprint density at radius 2 is 2.06 bits per heavy atom. The van der Waals surface area contributed by atoms with Crippen LogP contribution in [0.4, 0.5) is 0 Å². The van der Waals surface area contributed by atoms with Gasteiger partial charge in [0, 0.05) is 13.2 Å². The van der Waals surface area contributed by atoms with E-state index in [0.717, 1.165) is 25.7 Å². The van der Waals surface area contributed by atoms with Gasteiger partial charge in [-0.3, -0.25) is 9.59 Å². The number of aliphatic carboxylic acids is 1. The van der Waals surface area contributed by atoms with Crippen molar-refractivity contribution in [2.45, 2.75) is 38.7 Å². The van der Waals surface area contributed by atoms with Crippen LogP contribution in [0.25, 0.3) is 0 Å². The fourth-order valence-electron chi connectivity index (χ4n) is 3.05. The van der Waals surface area contributed by atoms with Crippen LogP contribution in [0.15, 0.2) is 0 Å². The molecule has 4 unspecified atom stereocenters.